The van der Waals surface area contributed by atoms with E-state index >= 15 is 0 Å². The lowest BCUT2D eigenvalue weighted by Gasteiger charge is -2.24. The predicted octanol–water partition coefficient (Wildman–Crippen LogP) is 1.43. The second-order valence-corrected chi connectivity index (χ2v) is 8.22. The lowest BCUT2D eigenvalue weighted by atomic mass is 9.77. The molecule has 1 aromatic rings. The van der Waals surface area contributed by atoms with Crippen molar-refractivity contribution in [3.8, 4) is 5.75 Å². The highest BCUT2D eigenvalue weighted by Gasteiger charge is 2.66. The zero-order chi connectivity index (χ0) is 18.8. The highest BCUT2D eigenvalue weighted by Crippen LogP contribution is 2.52. The summed E-state index contributed by atoms with van der Waals surface area (Å²) in [5.74, 6) is -0.00470. The second-order valence-electron chi connectivity index (χ2n) is 8.22. The summed E-state index contributed by atoms with van der Waals surface area (Å²) in [7, 11) is 0. The van der Waals surface area contributed by atoms with Crippen molar-refractivity contribution >= 4 is 11.8 Å². The fourth-order valence-corrected chi connectivity index (χ4v) is 4.92. The smallest absolute Gasteiger partial charge is 0.230 e. The van der Waals surface area contributed by atoms with Crippen molar-refractivity contribution in [2.45, 2.75) is 44.6 Å². The lowest BCUT2D eigenvalue weighted by Crippen LogP contribution is -2.44. The molecule has 2 saturated heterocycles. The molecule has 5 rings (SSSR count). The Morgan fingerprint density at radius 3 is 3.07 bits per heavy atom. The van der Waals surface area contributed by atoms with Gasteiger partial charge in [-0.15, -0.1) is 0 Å². The van der Waals surface area contributed by atoms with Crippen LogP contribution in [-0.2, 0) is 27.3 Å². The molecule has 1 aromatic carbocycles. The lowest BCUT2D eigenvalue weighted by molar-refractivity contribution is -0.138. The highest BCUT2D eigenvalue weighted by molar-refractivity contribution is 5.93. The van der Waals surface area contributed by atoms with Crippen molar-refractivity contribution in [2.24, 2.45) is 11.8 Å². The number of hydrogen-bond acceptors (Lipinski definition) is 4. The van der Waals surface area contributed by atoms with Gasteiger partial charge in [-0.05, 0) is 31.0 Å². The molecule has 2 fully saturated rings. The van der Waals surface area contributed by atoms with Crippen LogP contribution in [0.15, 0.2) is 30.4 Å². The Labute approximate surface area is 158 Å². The first-order chi connectivity index (χ1) is 13.0. The molecule has 0 radical (unpaired) electrons. The van der Waals surface area contributed by atoms with Crippen LogP contribution < -0.4 is 10.1 Å². The van der Waals surface area contributed by atoms with Gasteiger partial charge in [-0.1, -0.05) is 24.3 Å². The standard InChI is InChI=1S/C21H24N2O4/c1-12(2)23-11-21-7-5-16(27-21)17(18(21)20(23)25)19(24)22-10-13-3-4-15-14(9-13)6-8-26-15/h3-5,7,9,12,16-18H,6,8,10-11H2,1-2H3,(H,22,24)/t16-,17-,18+,21-/m0/s1. The first-order valence-corrected chi connectivity index (χ1v) is 9.68. The van der Waals surface area contributed by atoms with Gasteiger partial charge < -0.3 is 19.7 Å². The maximum Gasteiger partial charge on any atom is 0.230 e. The van der Waals surface area contributed by atoms with Crippen LogP contribution in [-0.4, -0.2) is 47.6 Å². The van der Waals surface area contributed by atoms with Gasteiger partial charge in [0.15, 0.2) is 0 Å². The Morgan fingerprint density at radius 2 is 2.26 bits per heavy atom. The van der Waals surface area contributed by atoms with Gasteiger partial charge in [0.25, 0.3) is 0 Å². The van der Waals surface area contributed by atoms with Gasteiger partial charge in [0, 0.05) is 19.0 Å². The summed E-state index contributed by atoms with van der Waals surface area (Å²) in [5, 5.41) is 3.03. The molecule has 6 nitrogen and oxygen atoms in total. The minimum Gasteiger partial charge on any atom is -0.493 e. The van der Waals surface area contributed by atoms with Crippen molar-refractivity contribution in [2.75, 3.05) is 13.2 Å². The zero-order valence-corrected chi connectivity index (χ0v) is 15.6. The van der Waals surface area contributed by atoms with Gasteiger partial charge in [0.1, 0.15) is 11.4 Å². The third-order valence-electron chi connectivity index (χ3n) is 6.28. The molecule has 142 valence electrons. The highest BCUT2D eigenvalue weighted by atomic mass is 16.5. The summed E-state index contributed by atoms with van der Waals surface area (Å²) in [5.41, 5.74) is 1.60. The number of nitrogens with one attached hydrogen (secondary N) is 1. The topological polar surface area (TPSA) is 67.9 Å². The fraction of sp³-hybridized carbons (Fsp3) is 0.524. The summed E-state index contributed by atoms with van der Waals surface area (Å²) in [6.45, 7) is 5.70. The van der Waals surface area contributed by atoms with Crippen molar-refractivity contribution in [1.82, 2.24) is 10.2 Å². The van der Waals surface area contributed by atoms with Crippen LogP contribution in [0.5, 0.6) is 5.75 Å². The Bertz CT molecular complexity index is 849. The Balaban J connectivity index is 1.32. The zero-order valence-electron chi connectivity index (χ0n) is 15.6. The number of fused-ring (bicyclic) bond motifs is 2. The molecule has 2 bridgehead atoms. The summed E-state index contributed by atoms with van der Waals surface area (Å²) in [6.07, 6.45) is 4.55. The van der Waals surface area contributed by atoms with E-state index in [0.29, 0.717) is 13.1 Å². The summed E-state index contributed by atoms with van der Waals surface area (Å²) in [6, 6.07) is 6.13. The maximum absolute atomic E-state index is 13.0. The molecule has 4 heterocycles. The molecule has 4 atom stereocenters. The molecular weight excluding hydrogens is 344 g/mol. The number of rotatable bonds is 4. The first kappa shape index (κ1) is 16.8. The molecule has 6 heteroatoms. The number of amides is 2. The average molecular weight is 368 g/mol. The van der Waals surface area contributed by atoms with E-state index in [2.05, 4.69) is 11.4 Å². The van der Waals surface area contributed by atoms with E-state index in [1.807, 2.05) is 43.0 Å². The quantitative estimate of drug-likeness (QED) is 0.817. The predicted molar refractivity (Wildman–Crippen MR) is 98.1 cm³/mol. The van der Waals surface area contributed by atoms with Gasteiger partial charge in [-0.2, -0.15) is 0 Å². The van der Waals surface area contributed by atoms with Crippen LogP contribution in [0.2, 0.25) is 0 Å². The number of carbonyl (C=O) groups excluding carboxylic acids is 2. The molecule has 1 N–H and O–H groups in total. The Hall–Kier alpha value is -2.34. The normalized spacial score (nSPS) is 32.8. The first-order valence-electron chi connectivity index (χ1n) is 9.68. The van der Waals surface area contributed by atoms with Crippen LogP contribution in [0.4, 0.5) is 0 Å². The van der Waals surface area contributed by atoms with E-state index < -0.39 is 17.4 Å². The number of hydrogen-bond donors (Lipinski definition) is 1. The third kappa shape index (κ3) is 2.42. The van der Waals surface area contributed by atoms with E-state index in [-0.39, 0.29) is 24.0 Å². The van der Waals surface area contributed by atoms with E-state index in [0.717, 1.165) is 24.3 Å². The van der Waals surface area contributed by atoms with Gasteiger partial charge in [-0.25, -0.2) is 0 Å². The third-order valence-corrected chi connectivity index (χ3v) is 6.28. The van der Waals surface area contributed by atoms with Crippen molar-refractivity contribution in [3.05, 3.63) is 41.5 Å². The summed E-state index contributed by atoms with van der Waals surface area (Å²) < 4.78 is 11.7. The van der Waals surface area contributed by atoms with E-state index in [4.69, 9.17) is 9.47 Å². The summed E-state index contributed by atoms with van der Waals surface area (Å²) in [4.78, 5) is 27.8. The van der Waals surface area contributed by atoms with Crippen LogP contribution in [0.25, 0.3) is 0 Å². The van der Waals surface area contributed by atoms with Gasteiger partial charge in [0.05, 0.1) is 31.1 Å². The Kier molecular flexibility index (Phi) is 3.63. The largest absolute Gasteiger partial charge is 0.493 e. The SMILES string of the molecule is CC(C)N1C[C@]23C=C[C@H](O2)[C@H](C(=O)NCc2ccc4c(c2)CCO4)[C@@H]3C1=O. The minimum absolute atomic E-state index is 0.0340. The van der Waals surface area contributed by atoms with Crippen LogP contribution in [0.3, 0.4) is 0 Å². The maximum atomic E-state index is 13.0. The molecule has 1 spiro atoms. The molecule has 0 aromatic heterocycles. The number of carbonyl (C=O) groups is 2. The number of nitrogens with zero attached hydrogens (tertiary/aromatic N) is 1. The van der Waals surface area contributed by atoms with Gasteiger partial charge in [0.2, 0.25) is 11.8 Å². The van der Waals surface area contributed by atoms with E-state index in [9.17, 15) is 9.59 Å². The summed E-state index contributed by atoms with van der Waals surface area (Å²) >= 11 is 0. The molecule has 0 aliphatic carbocycles. The van der Waals surface area contributed by atoms with Crippen LogP contribution in [0, 0.1) is 11.8 Å². The molecule has 0 saturated carbocycles. The Morgan fingerprint density at radius 1 is 1.41 bits per heavy atom. The molecule has 0 unspecified atom stereocenters. The average Bonchev–Trinajstić information content (AvgIpc) is 3.39. The van der Waals surface area contributed by atoms with Gasteiger partial charge in [-0.3, -0.25) is 9.59 Å². The van der Waals surface area contributed by atoms with Crippen LogP contribution in [0.1, 0.15) is 25.0 Å². The van der Waals surface area contributed by atoms with E-state index in [1.165, 1.54) is 5.56 Å². The van der Waals surface area contributed by atoms with E-state index in [1.54, 1.807) is 0 Å². The van der Waals surface area contributed by atoms with Crippen LogP contribution >= 0.6 is 0 Å². The van der Waals surface area contributed by atoms with Gasteiger partial charge >= 0.3 is 0 Å². The van der Waals surface area contributed by atoms with Crippen molar-refractivity contribution in [1.29, 1.82) is 0 Å². The molecule has 27 heavy (non-hydrogen) atoms. The molecule has 4 aliphatic rings. The molecule has 2 amide bonds. The molecule has 4 aliphatic heterocycles. The molecular formula is C21H24N2O4. The number of ether oxygens (including phenoxy) is 2. The monoisotopic (exact) mass is 368 g/mol. The van der Waals surface area contributed by atoms with Crippen molar-refractivity contribution < 1.29 is 19.1 Å². The number of likely N-dealkylation sites (tertiary alicyclic amines) is 1. The van der Waals surface area contributed by atoms with Crippen molar-refractivity contribution in [3.63, 3.8) is 0 Å². The number of benzene rings is 1. The fourth-order valence-electron chi connectivity index (χ4n) is 4.92. The minimum atomic E-state index is -0.626. The second kappa shape index (κ2) is 5.83.